The molecule has 1 aromatic carbocycles. The summed E-state index contributed by atoms with van der Waals surface area (Å²) in [6.45, 7) is 6.10. The minimum absolute atomic E-state index is 0.0104. The van der Waals surface area contributed by atoms with Gasteiger partial charge in [0.25, 0.3) is 0 Å². The van der Waals surface area contributed by atoms with Crippen molar-refractivity contribution in [3.63, 3.8) is 0 Å². The van der Waals surface area contributed by atoms with Crippen molar-refractivity contribution in [2.75, 3.05) is 45.9 Å². The highest BCUT2D eigenvalue weighted by Gasteiger charge is 2.91. The van der Waals surface area contributed by atoms with Crippen LogP contribution in [0.3, 0.4) is 0 Å². The maximum atomic E-state index is 14.1. The summed E-state index contributed by atoms with van der Waals surface area (Å²) in [6.07, 6.45) is -0.365. The molecule has 7 bridgehead atoms. The predicted octanol–water partition coefficient (Wildman–Crippen LogP) is 1.95. The fourth-order valence-electron chi connectivity index (χ4n) is 13.2. The number of imide groups is 1. The van der Waals surface area contributed by atoms with Gasteiger partial charge in [-0.05, 0) is 43.9 Å². The van der Waals surface area contributed by atoms with Crippen LogP contribution in [0.15, 0.2) is 24.3 Å². The van der Waals surface area contributed by atoms with E-state index in [1.807, 2.05) is 6.92 Å². The molecule has 2 heterocycles. The van der Waals surface area contributed by atoms with Gasteiger partial charge in [-0.1, -0.05) is 26.0 Å². The van der Waals surface area contributed by atoms with Gasteiger partial charge in [0, 0.05) is 82.1 Å². The highest BCUT2D eigenvalue weighted by atomic mass is 16.6. The molecule has 5 aliphatic carbocycles. The van der Waals surface area contributed by atoms with E-state index in [1.165, 1.54) is 6.92 Å². The minimum atomic E-state index is -1.82. The van der Waals surface area contributed by atoms with Crippen LogP contribution in [-0.2, 0) is 38.1 Å². The van der Waals surface area contributed by atoms with Crippen LogP contribution < -0.4 is 4.90 Å². The van der Waals surface area contributed by atoms with Crippen molar-refractivity contribution in [1.29, 1.82) is 0 Å². The molecule has 1 spiro atoms. The molecule has 0 radical (unpaired) electrons. The van der Waals surface area contributed by atoms with Crippen molar-refractivity contribution >= 4 is 29.4 Å². The molecule has 7 aliphatic rings. The van der Waals surface area contributed by atoms with E-state index in [0.717, 1.165) is 4.90 Å². The van der Waals surface area contributed by atoms with Gasteiger partial charge >= 0.3 is 11.9 Å². The Morgan fingerprint density at radius 1 is 1.06 bits per heavy atom. The van der Waals surface area contributed by atoms with Gasteiger partial charge < -0.3 is 33.9 Å². The molecular weight excluding hydrogens is 660 g/mol. The first-order valence-corrected chi connectivity index (χ1v) is 18.4. The zero-order valence-corrected chi connectivity index (χ0v) is 30.2. The van der Waals surface area contributed by atoms with Crippen molar-refractivity contribution in [2.24, 2.45) is 40.4 Å². The Hall–Kier alpha value is -2.94. The van der Waals surface area contributed by atoms with Crippen molar-refractivity contribution < 1.29 is 53.1 Å². The number of esters is 2. The average molecular weight is 711 g/mol. The Morgan fingerprint density at radius 3 is 2.43 bits per heavy atom. The van der Waals surface area contributed by atoms with Gasteiger partial charge in [-0.15, -0.1) is 0 Å². The van der Waals surface area contributed by atoms with Crippen LogP contribution in [0.1, 0.15) is 63.2 Å². The van der Waals surface area contributed by atoms with E-state index in [2.05, 4.69) is 4.90 Å². The number of para-hydroxylation sites is 1. The number of hydrogen-bond acceptors (Lipinski definition) is 12. The van der Waals surface area contributed by atoms with Gasteiger partial charge in [-0.3, -0.25) is 19.3 Å². The van der Waals surface area contributed by atoms with E-state index in [1.54, 1.807) is 52.5 Å². The molecule has 14 atom stereocenters. The molecule has 2 aliphatic heterocycles. The molecule has 278 valence electrons. The van der Waals surface area contributed by atoms with Crippen molar-refractivity contribution in [3.8, 4) is 0 Å². The van der Waals surface area contributed by atoms with E-state index in [0.29, 0.717) is 32.4 Å². The fraction of sp³-hybridized carbons (Fsp3) is 0.737. The number of nitrogens with zero attached hydrogens (tertiary/aromatic N) is 2. The van der Waals surface area contributed by atoms with E-state index in [4.69, 9.17) is 23.7 Å². The molecule has 13 heteroatoms. The van der Waals surface area contributed by atoms with Gasteiger partial charge in [0.15, 0.2) is 0 Å². The third kappa shape index (κ3) is 4.19. The van der Waals surface area contributed by atoms with Crippen LogP contribution in [0.5, 0.6) is 0 Å². The van der Waals surface area contributed by atoms with Crippen molar-refractivity contribution in [2.45, 2.75) is 94.5 Å². The minimum Gasteiger partial charge on any atom is -0.462 e. The maximum Gasteiger partial charge on any atom is 0.340 e. The molecule has 1 aromatic rings. The lowest BCUT2D eigenvalue weighted by Crippen LogP contribution is -2.82. The number of hydrogen-bond donors (Lipinski definition) is 2. The second-order valence-corrected chi connectivity index (χ2v) is 16.3. The molecule has 7 fully saturated rings. The van der Waals surface area contributed by atoms with Crippen LogP contribution in [0.25, 0.3) is 0 Å². The molecule has 2 saturated heterocycles. The Balaban J connectivity index is 1.23. The van der Waals surface area contributed by atoms with Crippen molar-refractivity contribution in [1.82, 2.24) is 4.90 Å². The smallest absolute Gasteiger partial charge is 0.340 e. The summed E-state index contributed by atoms with van der Waals surface area (Å²) in [7, 11) is 4.88. The second-order valence-electron chi connectivity index (χ2n) is 16.3. The maximum absolute atomic E-state index is 14.1. The molecular formula is C38H50N2O11. The van der Waals surface area contributed by atoms with Gasteiger partial charge in [-0.2, -0.15) is 0 Å². The lowest BCUT2D eigenvalue weighted by atomic mass is 9.42. The van der Waals surface area contributed by atoms with E-state index < -0.39 is 70.2 Å². The number of piperidine rings is 1. The molecule has 2 amide bonds. The summed E-state index contributed by atoms with van der Waals surface area (Å²) in [5, 5.41) is 26.7. The molecule has 8 rings (SSSR count). The number of methoxy groups -OCH3 is 3. The number of amides is 2. The lowest BCUT2D eigenvalue weighted by molar-refractivity contribution is -0.319. The van der Waals surface area contributed by atoms with Gasteiger partial charge in [-0.25, -0.2) is 9.69 Å². The summed E-state index contributed by atoms with van der Waals surface area (Å²) in [5.74, 6) is -3.55. The predicted molar refractivity (Wildman–Crippen MR) is 179 cm³/mol. The number of aliphatic hydroxyl groups is 2. The topological polar surface area (TPSA) is 161 Å². The number of likely N-dealkylation sites (tertiary alicyclic amines) is 1. The van der Waals surface area contributed by atoms with Crippen LogP contribution in [0.4, 0.5) is 5.69 Å². The molecule has 0 aromatic heterocycles. The van der Waals surface area contributed by atoms with Crippen LogP contribution in [-0.4, -0.2) is 122 Å². The number of carbonyl (C=O) groups is 4. The first kappa shape index (κ1) is 35.1. The van der Waals surface area contributed by atoms with E-state index in [-0.39, 0.29) is 66.4 Å². The molecule has 0 unspecified atom stereocenters. The Bertz CT molecular complexity index is 1650. The van der Waals surface area contributed by atoms with Gasteiger partial charge in [0.05, 0.1) is 42.2 Å². The Kier molecular flexibility index (Phi) is 8.11. The fourth-order valence-corrected chi connectivity index (χ4v) is 13.2. The summed E-state index contributed by atoms with van der Waals surface area (Å²) < 4.78 is 31.1. The first-order valence-electron chi connectivity index (χ1n) is 18.4. The standard InChI is InChI=1S/C38H50N2O11/c1-7-39-17-35(18-50-33(44)21-10-8-9-11-24(21)40-27(42)14-19(2)32(40)43)13-12-26(47-4)37-23-15-22-25(51-20(3)41)16-36(45,28(23)29(22)48-5)38(46,34(37)39)31(49-6)30(35)37/h8-11,19,22-23,25-26,28-31,34,45-46H,7,12-18H2,1-6H3/t19-,22+,23-,25-,26-,28+,29-,30+,31-,34+,35-,36+,37+,38-/m0/s1. The van der Waals surface area contributed by atoms with Crippen LogP contribution in [0, 0.1) is 40.4 Å². The Labute approximate surface area is 297 Å². The molecule has 51 heavy (non-hydrogen) atoms. The van der Waals surface area contributed by atoms with Gasteiger partial charge in [0.2, 0.25) is 11.8 Å². The first-order chi connectivity index (χ1) is 24.3. The number of fused-ring (bicyclic) bond motifs is 2. The third-order valence-corrected chi connectivity index (χ3v) is 14.5. The zero-order valence-electron chi connectivity index (χ0n) is 30.2. The molecule has 13 nitrogen and oxygen atoms in total. The Morgan fingerprint density at radius 2 is 1.80 bits per heavy atom. The summed E-state index contributed by atoms with van der Waals surface area (Å²) in [5.41, 5.74) is -4.67. The van der Waals surface area contributed by atoms with Crippen LogP contribution >= 0.6 is 0 Å². The number of rotatable bonds is 9. The largest absolute Gasteiger partial charge is 0.462 e. The van der Waals surface area contributed by atoms with Crippen LogP contribution in [0.2, 0.25) is 0 Å². The highest BCUT2D eigenvalue weighted by Crippen LogP contribution is 2.80. The normalized spacial score (nSPS) is 46.4. The SMILES string of the molecule is CCN1C[C@]2(COC(=O)c3ccccc3N3C(=O)C[C@H](C)C3=O)CC[C@H](OC)[C@]34[C@@H]2[C@H](OC)[C@](O)([C@H]13)[C@@]1(O)C[C@H](OC(C)=O)[C@H]2C[C@H]4[C@@H]1[C@H]2OC. The molecule has 2 N–H and O–H groups in total. The quantitative estimate of drug-likeness (QED) is 0.284. The van der Waals surface area contributed by atoms with E-state index >= 15 is 0 Å². The average Bonchev–Trinajstić information content (AvgIpc) is 3.64. The summed E-state index contributed by atoms with van der Waals surface area (Å²) in [6, 6.07) is 5.96. The number of carbonyl (C=O) groups excluding carboxylic acids is 4. The van der Waals surface area contributed by atoms with Gasteiger partial charge in [0.1, 0.15) is 17.3 Å². The lowest BCUT2D eigenvalue weighted by Gasteiger charge is -2.70. The highest BCUT2D eigenvalue weighted by molar-refractivity contribution is 6.22. The monoisotopic (exact) mass is 710 g/mol. The zero-order chi connectivity index (χ0) is 36.4. The summed E-state index contributed by atoms with van der Waals surface area (Å²) >= 11 is 0. The third-order valence-electron chi connectivity index (χ3n) is 14.5. The van der Waals surface area contributed by atoms with E-state index in [9.17, 15) is 29.4 Å². The number of benzene rings is 1. The van der Waals surface area contributed by atoms with Crippen molar-refractivity contribution in [3.05, 3.63) is 29.8 Å². The second kappa shape index (κ2) is 11.8. The number of anilines is 1. The summed E-state index contributed by atoms with van der Waals surface area (Å²) in [4.78, 5) is 55.6. The molecule has 5 saturated carbocycles. The number of likely N-dealkylation sites (N-methyl/N-ethyl adjacent to an activating group) is 1. The number of ether oxygens (including phenoxy) is 5.